The Kier molecular flexibility index (Phi) is 6.40. The van der Waals surface area contributed by atoms with Crippen molar-refractivity contribution in [3.63, 3.8) is 0 Å². The summed E-state index contributed by atoms with van der Waals surface area (Å²) in [5, 5.41) is 2.40. The van der Waals surface area contributed by atoms with Crippen LogP contribution in [0.1, 0.15) is 52.7 Å². The number of ether oxygens (including phenoxy) is 1. The quantitative estimate of drug-likeness (QED) is 0.195. The summed E-state index contributed by atoms with van der Waals surface area (Å²) in [5.74, 6) is 2.49. The van der Waals surface area contributed by atoms with E-state index in [1.807, 2.05) is 18.3 Å². The highest BCUT2D eigenvalue weighted by Crippen LogP contribution is 2.40. The smallest absolute Gasteiger partial charge is 0.249 e. The molecule has 3 aromatic heterocycles. The summed E-state index contributed by atoms with van der Waals surface area (Å²) in [6.07, 6.45) is 4.05. The van der Waals surface area contributed by atoms with Gasteiger partial charge in [0.05, 0.1) is 18.1 Å². The number of fused-ring (bicyclic) bond motifs is 4. The summed E-state index contributed by atoms with van der Waals surface area (Å²) >= 11 is 0. The van der Waals surface area contributed by atoms with Crippen LogP contribution in [0.25, 0.3) is 44.3 Å². The molecular formula is C39H39N4O+. The highest BCUT2D eigenvalue weighted by molar-refractivity contribution is 6.10. The monoisotopic (exact) mass is 579 g/mol. The molecule has 5 nitrogen and oxygen atoms in total. The first-order valence-corrected chi connectivity index (χ1v) is 15.3. The minimum absolute atomic E-state index is 0.00465. The second-order valence-corrected chi connectivity index (χ2v) is 13.8. The van der Waals surface area contributed by atoms with Gasteiger partial charge in [-0.25, -0.2) is 9.55 Å². The van der Waals surface area contributed by atoms with E-state index in [1.54, 1.807) is 0 Å². The van der Waals surface area contributed by atoms with E-state index in [4.69, 9.17) is 9.72 Å². The van der Waals surface area contributed by atoms with Gasteiger partial charge in [-0.05, 0) is 70.5 Å². The normalized spacial score (nSPS) is 12.4. The molecule has 0 aliphatic rings. The van der Waals surface area contributed by atoms with Crippen LogP contribution in [0.15, 0.2) is 110 Å². The molecule has 0 aliphatic heterocycles. The number of para-hydroxylation sites is 3. The van der Waals surface area contributed by atoms with Crippen LogP contribution in [-0.2, 0) is 17.9 Å². The molecule has 3 heterocycles. The molecule has 0 aliphatic carbocycles. The predicted octanol–water partition coefficient (Wildman–Crippen LogP) is 9.33. The maximum absolute atomic E-state index is 6.58. The fourth-order valence-corrected chi connectivity index (χ4v) is 6.26. The molecule has 7 rings (SSSR count). The Morgan fingerprint density at radius 3 is 2.25 bits per heavy atom. The van der Waals surface area contributed by atoms with Crippen molar-refractivity contribution < 1.29 is 9.30 Å². The fourth-order valence-electron chi connectivity index (χ4n) is 6.26. The van der Waals surface area contributed by atoms with Gasteiger partial charge in [-0.3, -0.25) is 4.57 Å². The lowest BCUT2D eigenvalue weighted by Crippen LogP contribution is -2.25. The molecule has 4 aromatic carbocycles. The standard InChI is InChI=1S/C39H39N4O/c1-38(2,3)26-20-21-40-36(22-26)43-35-24-29(18-19-30(35)31-14-11-15-32(37(31)43)39(4,5)6)44-28-13-10-12-27(23-28)42-25-41(7)33-16-8-9-17-34(33)42/h8-25H,1-7H3/q+1. The van der Waals surface area contributed by atoms with E-state index in [9.17, 15) is 0 Å². The third kappa shape index (κ3) is 4.73. The second kappa shape index (κ2) is 10.1. The Morgan fingerprint density at radius 1 is 0.682 bits per heavy atom. The van der Waals surface area contributed by atoms with E-state index in [0.717, 1.165) is 34.0 Å². The zero-order valence-electron chi connectivity index (χ0n) is 26.6. The maximum Gasteiger partial charge on any atom is 0.249 e. The molecule has 0 saturated carbocycles. The third-order valence-corrected chi connectivity index (χ3v) is 8.55. The van der Waals surface area contributed by atoms with E-state index in [2.05, 4.69) is 154 Å². The molecule has 0 saturated heterocycles. The van der Waals surface area contributed by atoms with Crippen LogP contribution in [0.5, 0.6) is 11.5 Å². The minimum atomic E-state index is -0.0493. The van der Waals surface area contributed by atoms with E-state index in [0.29, 0.717) is 0 Å². The third-order valence-electron chi connectivity index (χ3n) is 8.55. The van der Waals surface area contributed by atoms with Crippen molar-refractivity contribution in [3.05, 3.63) is 121 Å². The number of benzene rings is 4. The SMILES string of the molecule is C[n+]1cn(-c2cccc(Oc3ccc4c5cccc(C(C)(C)C)c5n(-c5cc(C(C)(C)C)ccn5)c4c3)c2)c2ccccc21. The van der Waals surface area contributed by atoms with Gasteiger partial charge in [-0.2, -0.15) is 4.57 Å². The summed E-state index contributed by atoms with van der Waals surface area (Å²) < 4.78 is 13.2. The van der Waals surface area contributed by atoms with E-state index >= 15 is 0 Å². The zero-order valence-corrected chi connectivity index (χ0v) is 26.6. The summed E-state index contributed by atoms with van der Waals surface area (Å²) in [4.78, 5) is 4.92. The topological polar surface area (TPSA) is 35.9 Å². The van der Waals surface area contributed by atoms with Gasteiger partial charge >= 0.3 is 0 Å². The van der Waals surface area contributed by atoms with Crippen molar-refractivity contribution in [2.24, 2.45) is 7.05 Å². The van der Waals surface area contributed by atoms with Crippen molar-refractivity contribution in [1.82, 2.24) is 14.1 Å². The Bertz CT molecular complexity index is 2190. The summed E-state index contributed by atoms with van der Waals surface area (Å²) in [7, 11) is 2.07. The molecule has 220 valence electrons. The average molecular weight is 580 g/mol. The van der Waals surface area contributed by atoms with Gasteiger partial charge in [0.25, 0.3) is 0 Å². The largest absolute Gasteiger partial charge is 0.457 e. The van der Waals surface area contributed by atoms with Crippen molar-refractivity contribution >= 4 is 32.8 Å². The molecule has 0 spiro atoms. The van der Waals surface area contributed by atoms with Crippen molar-refractivity contribution in [3.8, 4) is 23.0 Å². The number of hydrogen-bond donors (Lipinski definition) is 0. The average Bonchev–Trinajstić information content (AvgIpc) is 3.51. The fraction of sp³-hybridized carbons (Fsp3) is 0.231. The molecule has 0 unspecified atom stereocenters. The van der Waals surface area contributed by atoms with Crippen molar-refractivity contribution in [2.75, 3.05) is 0 Å². The Morgan fingerprint density at radius 2 is 1.45 bits per heavy atom. The van der Waals surface area contributed by atoms with E-state index in [1.165, 1.54) is 32.9 Å². The highest BCUT2D eigenvalue weighted by Gasteiger charge is 2.24. The highest BCUT2D eigenvalue weighted by atomic mass is 16.5. The lowest BCUT2D eigenvalue weighted by molar-refractivity contribution is -0.645. The molecule has 0 fully saturated rings. The molecule has 7 aromatic rings. The van der Waals surface area contributed by atoms with Crippen LogP contribution < -0.4 is 9.30 Å². The van der Waals surface area contributed by atoms with Crippen LogP contribution in [0.3, 0.4) is 0 Å². The van der Waals surface area contributed by atoms with Crippen LogP contribution in [-0.4, -0.2) is 14.1 Å². The van der Waals surface area contributed by atoms with Gasteiger partial charge in [0.15, 0.2) is 11.0 Å². The van der Waals surface area contributed by atoms with E-state index < -0.39 is 0 Å². The van der Waals surface area contributed by atoms with Crippen LogP contribution in [0.4, 0.5) is 0 Å². The Labute approximate surface area is 259 Å². The molecule has 5 heteroatoms. The van der Waals surface area contributed by atoms with Gasteiger partial charge in [0.2, 0.25) is 6.33 Å². The molecule has 0 amide bonds. The second-order valence-electron chi connectivity index (χ2n) is 13.8. The van der Waals surface area contributed by atoms with Crippen molar-refractivity contribution in [1.29, 1.82) is 0 Å². The first-order chi connectivity index (χ1) is 21.0. The number of aromatic nitrogens is 4. The molecule has 44 heavy (non-hydrogen) atoms. The van der Waals surface area contributed by atoms with Gasteiger partial charge in [0, 0.05) is 29.1 Å². The summed E-state index contributed by atoms with van der Waals surface area (Å²) in [6, 6.07) is 34.1. The molecule has 0 bridgehead atoms. The molecule has 0 N–H and O–H groups in total. The molecular weight excluding hydrogens is 540 g/mol. The summed E-state index contributed by atoms with van der Waals surface area (Å²) in [5.41, 5.74) is 8.14. The molecule has 0 radical (unpaired) electrons. The lowest BCUT2D eigenvalue weighted by Gasteiger charge is -2.23. The van der Waals surface area contributed by atoms with Crippen LogP contribution in [0.2, 0.25) is 0 Å². The van der Waals surface area contributed by atoms with Crippen molar-refractivity contribution in [2.45, 2.75) is 52.4 Å². The van der Waals surface area contributed by atoms with E-state index in [-0.39, 0.29) is 10.8 Å². The number of imidazole rings is 1. The van der Waals surface area contributed by atoms with Gasteiger partial charge in [0.1, 0.15) is 23.0 Å². The number of rotatable bonds is 4. The van der Waals surface area contributed by atoms with Crippen LogP contribution >= 0.6 is 0 Å². The Hall–Kier alpha value is -4.90. The number of hydrogen-bond acceptors (Lipinski definition) is 2. The lowest BCUT2D eigenvalue weighted by atomic mass is 9.85. The Balaban J connectivity index is 1.39. The van der Waals surface area contributed by atoms with Gasteiger partial charge in [-0.15, -0.1) is 0 Å². The van der Waals surface area contributed by atoms with Crippen LogP contribution in [0, 0.1) is 0 Å². The minimum Gasteiger partial charge on any atom is -0.457 e. The predicted molar refractivity (Wildman–Crippen MR) is 181 cm³/mol. The zero-order chi connectivity index (χ0) is 30.8. The first kappa shape index (κ1) is 27.9. The maximum atomic E-state index is 6.58. The van der Waals surface area contributed by atoms with Gasteiger partial charge in [-0.1, -0.05) is 77.9 Å². The number of nitrogens with zero attached hydrogens (tertiary/aromatic N) is 4. The first-order valence-electron chi connectivity index (χ1n) is 15.3. The summed E-state index contributed by atoms with van der Waals surface area (Å²) in [6.45, 7) is 13.6. The van der Waals surface area contributed by atoms with Gasteiger partial charge < -0.3 is 4.74 Å². The number of aryl methyl sites for hydroxylation is 1. The number of pyridine rings is 1. The molecule has 0 atom stereocenters.